The molecule has 0 aliphatic carbocycles. The van der Waals surface area contributed by atoms with Crippen LogP contribution in [0.3, 0.4) is 0 Å². The summed E-state index contributed by atoms with van der Waals surface area (Å²) in [5.41, 5.74) is 0.791. The molecule has 0 radical (unpaired) electrons. The van der Waals surface area contributed by atoms with Gasteiger partial charge in [-0.15, -0.1) is 0 Å². The van der Waals surface area contributed by atoms with Crippen molar-refractivity contribution in [3.8, 4) is 5.69 Å². The Bertz CT molecular complexity index is 873. The predicted octanol–water partition coefficient (Wildman–Crippen LogP) is 2.69. The normalized spacial score (nSPS) is 17.6. The van der Waals surface area contributed by atoms with Gasteiger partial charge in [-0.05, 0) is 31.0 Å². The number of amides is 1. The molecule has 2 aromatic heterocycles. The molecule has 7 heteroatoms. The van der Waals surface area contributed by atoms with Crippen molar-refractivity contribution in [2.45, 2.75) is 18.9 Å². The topological polar surface area (TPSA) is 56.0 Å². The summed E-state index contributed by atoms with van der Waals surface area (Å²) in [6, 6.07) is 8.44. The van der Waals surface area contributed by atoms with E-state index >= 15 is 0 Å². The van der Waals surface area contributed by atoms with Crippen molar-refractivity contribution in [2.75, 3.05) is 13.1 Å². The molecule has 1 aliphatic rings. The standard InChI is InChI=1S/C18H18FN5O/c19-16-6-1-2-7-17(16)24-12-14(11-21-24)18(25)22-9-3-5-15(13-22)23-10-4-8-20-23/h1-2,4,6-8,10-12,15H,3,5,9,13H2/t15-/m1/s1. The number of carbonyl (C=O) groups excluding carboxylic acids is 1. The number of likely N-dealkylation sites (tertiary alicyclic amines) is 1. The van der Waals surface area contributed by atoms with E-state index in [2.05, 4.69) is 10.2 Å². The van der Waals surface area contributed by atoms with Gasteiger partial charge in [0, 0.05) is 31.7 Å². The molecule has 1 aromatic carbocycles. The summed E-state index contributed by atoms with van der Waals surface area (Å²) in [6.45, 7) is 1.33. The van der Waals surface area contributed by atoms with Crippen LogP contribution in [0, 0.1) is 5.82 Å². The summed E-state index contributed by atoms with van der Waals surface area (Å²) in [6.07, 6.45) is 8.68. The van der Waals surface area contributed by atoms with E-state index in [1.54, 1.807) is 30.6 Å². The van der Waals surface area contributed by atoms with Crippen LogP contribution < -0.4 is 0 Å². The van der Waals surface area contributed by atoms with E-state index in [1.807, 2.05) is 21.8 Å². The lowest BCUT2D eigenvalue weighted by Gasteiger charge is -2.32. The third kappa shape index (κ3) is 3.05. The molecular formula is C18H18FN5O. The quantitative estimate of drug-likeness (QED) is 0.737. The maximum absolute atomic E-state index is 13.9. The van der Waals surface area contributed by atoms with E-state index < -0.39 is 0 Å². The molecule has 3 heterocycles. The van der Waals surface area contributed by atoms with Crippen LogP contribution in [0.1, 0.15) is 29.2 Å². The molecule has 3 aromatic rings. The molecule has 0 bridgehead atoms. The smallest absolute Gasteiger partial charge is 0.257 e. The minimum atomic E-state index is -0.374. The number of piperidine rings is 1. The Kier molecular flexibility index (Phi) is 4.05. The van der Waals surface area contributed by atoms with Crippen molar-refractivity contribution >= 4 is 5.91 Å². The van der Waals surface area contributed by atoms with Gasteiger partial charge < -0.3 is 4.90 Å². The first kappa shape index (κ1) is 15.6. The van der Waals surface area contributed by atoms with Crippen LogP contribution >= 0.6 is 0 Å². The van der Waals surface area contributed by atoms with Gasteiger partial charge in [-0.1, -0.05) is 12.1 Å². The second-order valence-electron chi connectivity index (χ2n) is 6.16. The molecule has 128 valence electrons. The van der Waals surface area contributed by atoms with E-state index in [1.165, 1.54) is 16.9 Å². The third-order valence-electron chi connectivity index (χ3n) is 4.51. The number of para-hydroxylation sites is 1. The number of carbonyl (C=O) groups is 1. The van der Waals surface area contributed by atoms with Gasteiger partial charge in [0.15, 0.2) is 0 Å². The highest BCUT2D eigenvalue weighted by Crippen LogP contribution is 2.22. The van der Waals surface area contributed by atoms with Crippen molar-refractivity contribution in [2.24, 2.45) is 0 Å². The van der Waals surface area contributed by atoms with Crippen LogP contribution in [0.4, 0.5) is 4.39 Å². The predicted molar refractivity (Wildman–Crippen MR) is 89.9 cm³/mol. The maximum Gasteiger partial charge on any atom is 0.257 e. The van der Waals surface area contributed by atoms with E-state index in [9.17, 15) is 9.18 Å². The van der Waals surface area contributed by atoms with Crippen LogP contribution in [0.15, 0.2) is 55.1 Å². The van der Waals surface area contributed by atoms with Gasteiger partial charge in [-0.3, -0.25) is 9.48 Å². The molecule has 1 saturated heterocycles. The molecule has 1 aliphatic heterocycles. The molecule has 0 N–H and O–H groups in total. The summed E-state index contributed by atoms with van der Waals surface area (Å²) in [5.74, 6) is -0.458. The molecular weight excluding hydrogens is 321 g/mol. The number of aromatic nitrogens is 4. The van der Waals surface area contributed by atoms with Crippen molar-refractivity contribution in [3.63, 3.8) is 0 Å². The molecule has 1 amide bonds. The Morgan fingerprint density at radius 1 is 1.20 bits per heavy atom. The van der Waals surface area contributed by atoms with Crippen LogP contribution in [0.2, 0.25) is 0 Å². The fourth-order valence-electron chi connectivity index (χ4n) is 3.24. The van der Waals surface area contributed by atoms with Gasteiger partial charge in [-0.2, -0.15) is 10.2 Å². The Morgan fingerprint density at radius 2 is 2.08 bits per heavy atom. The van der Waals surface area contributed by atoms with Crippen molar-refractivity contribution in [3.05, 3.63) is 66.5 Å². The van der Waals surface area contributed by atoms with Gasteiger partial charge in [0.2, 0.25) is 0 Å². The maximum atomic E-state index is 13.9. The second kappa shape index (κ2) is 6.51. The highest BCUT2D eigenvalue weighted by atomic mass is 19.1. The molecule has 4 rings (SSSR count). The summed E-state index contributed by atoms with van der Waals surface area (Å²) in [7, 11) is 0. The second-order valence-corrected chi connectivity index (χ2v) is 6.16. The van der Waals surface area contributed by atoms with Crippen LogP contribution in [-0.4, -0.2) is 43.5 Å². The average molecular weight is 339 g/mol. The Morgan fingerprint density at radius 3 is 2.88 bits per heavy atom. The molecule has 1 atom stereocenters. The van der Waals surface area contributed by atoms with Crippen LogP contribution in [0.5, 0.6) is 0 Å². The largest absolute Gasteiger partial charge is 0.336 e. The Labute approximate surface area is 144 Å². The Hall–Kier alpha value is -2.96. The highest BCUT2D eigenvalue weighted by molar-refractivity contribution is 5.93. The first-order valence-corrected chi connectivity index (χ1v) is 8.30. The summed E-state index contributed by atoms with van der Waals surface area (Å²) < 4.78 is 17.2. The lowest BCUT2D eigenvalue weighted by Crippen LogP contribution is -2.40. The molecule has 0 spiro atoms. The average Bonchev–Trinajstić information content (AvgIpc) is 3.34. The van der Waals surface area contributed by atoms with E-state index in [4.69, 9.17) is 0 Å². The number of nitrogens with zero attached hydrogens (tertiary/aromatic N) is 5. The first-order valence-electron chi connectivity index (χ1n) is 8.30. The molecule has 0 unspecified atom stereocenters. The summed E-state index contributed by atoms with van der Waals surface area (Å²) in [5, 5.41) is 8.42. The fraction of sp³-hybridized carbons (Fsp3) is 0.278. The van der Waals surface area contributed by atoms with Crippen molar-refractivity contribution in [1.82, 2.24) is 24.5 Å². The van der Waals surface area contributed by atoms with Crippen LogP contribution in [0.25, 0.3) is 5.69 Å². The monoisotopic (exact) mass is 339 g/mol. The first-order chi connectivity index (χ1) is 12.2. The van der Waals surface area contributed by atoms with Crippen molar-refractivity contribution in [1.29, 1.82) is 0 Å². The van der Waals surface area contributed by atoms with Gasteiger partial charge in [0.25, 0.3) is 5.91 Å². The molecule has 0 saturated carbocycles. The lowest BCUT2D eigenvalue weighted by molar-refractivity contribution is 0.0673. The van der Waals surface area contributed by atoms with E-state index in [0.29, 0.717) is 24.3 Å². The summed E-state index contributed by atoms with van der Waals surface area (Å²) in [4.78, 5) is 14.6. The van der Waals surface area contributed by atoms with Crippen molar-refractivity contribution < 1.29 is 9.18 Å². The zero-order chi connectivity index (χ0) is 17.2. The highest BCUT2D eigenvalue weighted by Gasteiger charge is 2.26. The lowest BCUT2D eigenvalue weighted by atomic mass is 10.1. The SMILES string of the molecule is O=C(c1cnn(-c2ccccc2F)c1)N1CCC[C@@H](n2cccn2)C1. The number of halogens is 1. The fourth-order valence-corrected chi connectivity index (χ4v) is 3.24. The molecule has 1 fully saturated rings. The minimum Gasteiger partial charge on any atom is -0.336 e. The third-order valence-corrected chi connectivity index (χ3v) is 4.51. The zero-order valence-corrected chi connectivity index (χ0v) is 13.6. The van der Waals surface area contributed by atoms with Gasteiger partial charge in [0.1, 0.15) is 11.5 Å². The van der Waals surface area contributed by atoms with E-state index in [0.717, 1.165) is 12.8 Å². The van der Waals surface area contributed by atoms with Crippen LogP contribution in [-0.2, 0) is 0 Å². The Balaban J connectivity index is 1.52. The molecule has 25 heavy (non-hydrogen) atoms. The van der Waals surface area contributed by atoms with Gasteiger partial charge in [0.05, 0.1) is 17.8 Å². The number of benzene rings is 1. The number of hydrogen-bond acceptors (Lipinski definition) is 3. The van der Waals surface area contributed by atoms with Gasteiger partial charge in [-0.25, -0.2) is 9.07 Å². The molecule has 6 nitrogen and oxygen atoms in total. The zero-order valence-electron chi connectivity index (χ0n) is 13.6. The number of rotatable bonds is 3. The summed E-state index contributed by atoms with van der Waals surface area (Å²) >= 11 is 0. The minimum absolute atomic E-state index is 0.0838. The van der Waals surface area contributed by atoms with Gasteiger partial charge >= 0.3 is 0 Å². The van der Waals surface area contributed by atoms with E-state index in [-0.39, 0.29) is 17.8 Å². The number of hydrogen-bond donors (Lipinski definition) is 0.